The second-order valence-electron chi connectivity index (χ2n) is 5.77. The molecule has 0 aliphatic heterocycles. The first-order chi connectivity index (χ1) is 14.6. The predicted octanol–water partition coefficient (Wildman–Crippen LogP) is 3.33. The number of halogens is 1. The molecule has 0 spiro atoms. The molecule has 9 nitrogen and oxygen atoms in total. The first kappa shape index (κ1) is 20.0. The zero-order valence-corrected chi connectivity index (χ0v) is 17.4. The van der Waals surface area contributed by atoms with Crippen molar-refractivity contribution in [3.63, 3.8) is 0 Å². The summed E-state index contributed by atoms with van der Waals surface area (Å²) in [6.07, 6.45) is 1.31. The number of nitrogens with two attached hydrogens (primary N) is 1. The molecule has 0 unspecified atom stereocenters. The molecule has 148 valence electrons. The van der Waals surface area contributed by atoms with Crippen LogP contribution in [0, 0.1) is 11.3 Å². The van der Waals surface area contributed by atoms with Crippen LogP contribution in [0.15, 0.2) is 45.1 Å². The van der Waals surface area contributed by atoms with Gasteiger partial charge in [-0.1, -0.05) is 17.7 Å². The molecule has 3 aromatic heterocycles. The highest BCUT2D eigenvalue weighted by Crippen LogP contribution is 2.22. The zero-order chi connectivity index (χ0) is 21.1. The number of nitrogen functional groups attached to an aromatic ring is 1. The number of fused-ring (bicyclic) bond motifs is 1. The Balaban J connectivity index is 1.70. The van der Waals surface area contributed by atoms with Crippen LogP contribution in [0.5, 0.6) is 0 Å². The minimum Gasteiger partial charge on any atom is -0.368 e. The summed E-state index contributed by atoms with van der Waals surface area (Å²) >= 11 is 8.89. The molecule has 0 radical (unpaired) electrons. The molecule has 0 aliphatic carbocycles. The standard InChI is InChI=1S/C18H11ClN8OS2/c19-11-2-1-3-12-15(11)17(28)27(13-6-29-8-23-13)14(25-12)7-30-9-24-16-10(4-20)5-22-18(21)26-16/h1-3,5-6,8-9H,7H2,(H2,21,22,26). The number of nitrogens with zero attached hydrogens (tertiary/aromatic N) is 7. The lowest BCUT2D eigenvalue weighted by atomic mass is 10.2. The molecule has 0 atom stereocenters. The molecule has 0 aliphatic rings. The van der Waals surface area contributed by atoms with Crippen LogP contribution >= 0.6 is 34.7 Å². The maximum atomic E-state index is 13.1. The lowest BCUT2D eigenvalue weighted by molar-refractivity contribution is 0.863. The normalized spacial score (nSPS) is 11.2. The summed E-state index contributed by atoms with van der Waals surface area (Å²) in [5, 5.41) is 11.6. The van der Waals surface area contributed by atoms with Crippen LogP contribution in [-0.4, -0.2) is 30.0 Å². The quantitative estimate of drug-likeness (QED) is 0.358. The second-order valence-corrected chi connectivity index (χ2v) is 7.73. The molecule has 0 amide bonds. The van der Waals surface area contributed by atoms with E-state index in [1.807, 2.05) is 6.07 Å². The van der Waals surface area contributed by atoms with E-state index >= 15 is 0 Å². The van der Waals surface area contributed by atoms with Gasteiger partial charge in [-0.25, -0.2) is 24.5 Å². The van der Waals surface area contributed by atoms with Crippen LogP contribution in [0.3, 0.4) is 0 Å². The van der Waals surface area contributed by atoms with Crippen LogP contribution in [0.1, 0.15) is 11.4 Å². The van der Waals surface area contributed by atoms with E-state index in [-0.39, 0.29) is 22.9 Å². The predicted molar refractivity (Wildman–Crippen MR) is 119 cm³/mol. The van der Waals surface area contributed by atoms with Gasteiger partial charge in [-0.2, -0.15) is 10.2 Å². The number of benzene rings is 1. The van der Waals surface area contributed by atoms with Crippen LogP contribution in [0.2, 0.25) is 5.02 Å². The molecule has 0 saturated carbocycles. The van der Waals surface area contributed by atoms with E-state index in [0.717, 1.165) is 0 Å². The average molecular weight is 455 g/mol. The molecule has 30 heavy (non-hydrogen) atoms. The maximum Gasteiger partial charge on any atom is 0.268 e. The molecule has 4 aromatic rings. The van der Waals surface area contributed by atoms with Crippen molar-refractivity contribution in [2.45, 2.75) is 5.75 Å². The Morgan fingerprint density at radius 3 is 3.00 bits per heavy atom. The number of nitriles is 1. The van der Waals surface area contributed by atoms with Crippen molar-refractivity contribution in [3.8, 4) is 11.9 Å². The maximum absolute atomic E-state index is 13.1. The van der Waals surface area contributed by atoms with Gasteiger partial charge in [-0.15, -0.1) is 23.1 Å². The minimum absolute atomic E-state index is 0.0246. The highest BCUT2D eigenvalue weighted by atomic mass is 35.5. The summed E-state index contributed by atoms with van der Waals surface area (Å²) in [6.45, 7) is 0. The number of hydrogen-bond donors (Lipinski definition) is 1. The monoisotopic (exact) mass is 454 g/mol. The Bertz CT molecular complexity index is 1360. The third-order valence-electron chi connectivity index (χ3n) is 3.93. The largest absolute Gasteiger partial charge is 0.368 e. The summed E-state index contributed by atoms with van der Waals surface area (Å²) in [6, 6.07) is 7.09. The topological polar surface area (TPSA) is 136 Å². The van der Waals surface area contributed by atoms with Gasteiger partial charge in [0.2, 0.25) is 5.95 Å². The second kappa shape index (κ2) is 8.58. The Hall–Kier alpha value is -3.33. The van der Waals surface area contributed by atoms with Crippen molar-refractivity contribution in [2.24, 2.45) is 4.99 Å². The summed E-state index contributed by atoms with van der Waals surface area (Å²) < 4.78 is 1.44. The molecule has 4 rings (SSSR count). The highest BCUT2D eigenvalue weighted by molar-refractivity contribution is 8.11. The lowest BCUT2D eigenvalue weighted by Crippen LogP contribution is -2.24. The number of anilines is 1. The van der Waals surface area contributed by atoms with Gasteiger partial charge in [0.25, 0.3) is 5.56 Å². The third kappa shape index (κ3) is 3.88. The molecular formula is C18H11ClN8OS2. The average Bonchev–Trinajstić information content (AvgIpc) is 3.25. The molecule has 2 N–H and O–H groups in total. The van der Waals surface area contributed by atoms with Crippen molar-refractivity contribution in [1.29, 1.82) is 5.26 Å². The van der Waals surface area contributed by atoms with Crippen LogP contribution in [0.4, 0.5) is 11.8 Å². The Morgan fingerprint density at radius 1 is 1.37 bits per heavy atom. The molecule has 0 fully saturated rings. The Morgan fingerprint density at radius 2 is 2.23 bits per heavy atom. The van der Waals surface area contributed by atoms with E-state index in [9.17, 15) is 4.79 Å². The highest BCUT2D eigenvalue weighted by Gasteiger charge is 2.16. The number of thioether (sulfide) groups is 1. The van der Waals surface area contributed by atoms with Crippen molar-refractivity contribution < 1.29 is 0 Å². The first-order valence-corrected chi connectivity index (χ1v) is 10.7. The van der Waals surface area contributed by atoms with Crippen molar-refractivity contribution >= 4 is 62.9 Å². The van der Waals surface area contributed by atoms with Gasteiger partial charge in [0.1, 0.15) is 17.5 Å². The SMILES string of the molecule is N#Cc1cnc(N)nc1N=CSCc1nc2cccc(Cl)c2c(=O)n1-c1cscn1. The zero-order valence-electron chi connectivity index (χ0n) is 15.1. The van der Waals surface area contributed by atoms with Gasteiger partial charge in [0.05, 0.1) is 38.9 Å². The number of thiazole rings is 1. The molecular weight excluding hydrogens is 444 g/mol. The van der Waals surface area contributed by atoms with Crippen LogP contribution in [0.25, 0.3) is 16.7 Å². The fraction of sp³-hybridized carbons (Fsp3) is 0.0556. The smallest absolute Gasteiger partial charge is 0.268 e. The van der Waals surface area contributed by atoms with Crippen molar-refractivity contribution in [3.05, 3.63) is 62.1 Å². The third-order valence-corrected chi connectivity index (χ3v) is 5.50. The van der Waals surface area contributed by atoms with Gasteiger partial charge in [0, 0.05) is 5.38 Å². The van der Waals surface area contributed by atoms with Crippen LogP contribution in [-0.2, 0) is 5.75 Å². The number of aromatic nitrogens is 5. The van der Waals surface area contributed by atoms with E-state index in [2.05, 4.69) is 24.9 Å². The summed E-state index contributed by atoms with van der Waals surface area (Å²) in [4.78, 5) is 33.9. The van der Waals surface area contributed by atoms with Gasteiger partial charge in [-0.05, 0) is 12.1 Å². The van der Waals surface area contributed by atoms with Crippen molar-refractivity contribution in [1.82, 2.24) is 24.5 Å². The van der Waals surface area contributed by atoms with E-state index in [4.69, 9.17) is 22.6 Å². The number of aliphatic imine (C=N–C) groups is 1. The fourth-order valence-electron chi connectivity index (χ4n) is 2.65. The fourth-order valence-corrected chi connectivity index (χ4v) is 4.01. The van der Waals surface area contributed by atoms with Gasteiger partial charge < -0.3 is 5.73 Å². The Kier molecular flexibility index (Phi) is 5.71. The van der Waals surface area contributed by atoms with E-state index in [1.54, 1.807) is 29.1 Å². The number of rotatable bonds is 5. The molecule has 3 heterocycles. The minimum atomic E-state index is -0.292. The number of hydrogen-bond acceptors (Lipinski definition) is 10. The van der Waals surface area contributed by atoms with Gasteiger partial charge in [0.15, 0.2) is 11.6 Å². The van der Waals surface area contributed by atoms with E-state index in [1.165, 1.54) is 39.4 Å². The summed E-state index contributed by atoms with van der Waals surface area (Å²) in [7, 11) is 0. The Labute approximate surface area is 182 Å². The van der Waals surface area contributed by atoms with Crippen molar-refractivity contribution in [2.75, 3.05) is 5.73 Å². The molecule has 12 heteroatoms. The summed E-state index contributed by atoms with van der Waals surface area (Å²) in [5.74, 6) is 1.48. The lowest BCUT2D eigenvalue weighted by Gasteiger charge is -2.11. The van der Waals surface area contributed by atoms with Gasteiger partial charge >= 0.3 is 0 Å². The van der Waals surface area contributed by atoms with Gasteiger partial charge in [-0.3, -0.25) is 4.79 Å². The summed E-state index contributed by atoms with van der Waals surface area (Å²) in [5.41, 5.74) is 9.13. The van der Waals surface area contributed by atoms with E-state index in [0.29, 0.717) is 33.3 Å². The first-order valence-electron chi connectivity index (χ1n) is 8.34. The molecule has 0 saturated heterocycles. The molecule has 1 aromatic carbocycles. The molecule has 0 bridgehead atoms. The van der Waals surface area contributed by atoms with Crippen LogP contribution < -0.4 is 11.3 Å². The van der Waals surface area contributed by atoms with E-state index < -0.39 is 0 Å².